The second-order valence-corrected chi connectivity index (χ2v) is 4.76. The van der Waals surface area contributed by atoms with Crippen LogP contribution in [-0.2, 0) is 4.79 Å². The molecule has 1 aromatic rings. The van der Waals surface area contributed by atoms with E-state index in [-0.39, 0.29) is 18.0 Å². The maximum absolute atomic E-state index is 11.3. The van der Waals surface area contributed by atoms with Crippen molar-refractivity contribution in [3.63, 3.8) is 0 Å². The summed E-state index contributed by atoms with van der Waals surface area (Å²) in [4.78, 5) is 21.6. The van der Waals surface area contributed by atoms with Crippen LogP contribution in [-0.4, -0.2) is 29.5 Å². The zero-order valence-corrected chi connectivity index (χ0v) is 11.0. The number of nitro benzene ring substituents is 1. The van der Waals surface area contributed by atoms with Gasteiger partial charge >= 0.3 is 5.69 Å². The predicted octanol–water partition coefficient (Wildman–Crippen LogP) is 0.970. The van der Waals surface area contributed by atoms with E-state index >= 15 is 0 Å². The quantitative estimate of drug-likeness (QED) is 0.544. The minimum atomic E-state index is -0.497. The van der Waals surface area contributed by atoms with Crippen LogP contribution < -0.4 is 15.8 Å². The SMILES string of the molecule is NC(=O)C(CCOc1ccccc1[N+](=O)[O-])NC1CC1. The first-order chi connectivity index (χ1) is 9.58. The molecule has 2 rings (SSSR count). The molecule has 1 amide bonds. The Morgan fingerprint density at radius 3 is 2.80 bits per heavy atom. The molecule has 20 heavy (non-hydrogen) atoms. The number of hydrogen-bond acceptors (Lipinski definition) is 5. The van der Waals surface area contributed by atoms with Gasteiger partial charge in [-0.2, -0.15) is 0 Å². The molecule has 0 spiro atoms. The van der Waals surface area contributed by atoms with Gasteiger partial charge < -0.3 is 15.8 Å². The Morgan fingerprint density at radius 2 is 2.20 bits per heavy atom. The zero-order valence-electron chi connectivity index (χ0n) is 11.0. The fourth-order valence-electron chi connectivity index (χ4n) is 1.86. The molecule has 0 saturated heterocycles. The lowest BCUT2D eigenvalue weighted by Gasteiger charge is -2.15. The second-order valence-electron chi connectivity index (χ2n) is 4.76. The summed E-state index contributed by atoms with van der Waals surface area (Å²) in [5.41, 5.74) is 5.22. The Kier molecular flexibility index (Phi) is 4.52. The Morgan fingerprint density at radius 1 is 1.50 bits per heavy atom. The van der Waals surface area contributed by atoms with Crippen LogP contribution in [0, 0.1) is 10.1 Å². The third-order valence-corrected chi connectivity index (χ3v) is 3.08. The highest BCUT2D eigenvalue weighted by molar-refractivity contribution is 5.79. The van der Waals surface area contributed by atoms with E-state index < -0.39 is 16.9 Å². The molecule has 1 unspecified atom stereocenters. The number of rotatable bonds is 8. The Bertz CT molecular complexity index is 502. The fourth-order valence-corrected chi connectivity index (χ4v) is 1.86. The summed E-state index contributed by atoms with van der Waals surface area (Å²) in [5, 5.41) is 13.9. The average Bonchev–Trinajstić information content (AvgIpc) is 3.21. The summed E-state index contributed by atoms with van der Waals surface area (Å²) in [6.45, 7) is 0.193. The lowest BCUT2D eigenvalue weighted by atomic mass is 10.2. The van der Waals surface area contributed by atoms with E-state index in [0.717, 1.165) is 12.8 Å². The van der Waals surface area contributed by atoms with E-state index in [0.29, 0.717) is 12.5 Å². The highest BCUT2D eigenvalue weighted by Crippen LogP contribution is 2.26. The molecule has 0 bridgehead atoms. The maximum Gasteiger partial charge on any atom is 0.310 e. The first-order valence-electron chi connectivity index (χ1n) is 6.49. The van der Waals surface area contributed by atoms with Crippen LogP contribution in [0.5, 0.6) is 5.75 Å². The summed E-state index contributed by atoms with van der Waals surface area (Å²) in [7, 11) is 0. The number of hydrogen-bond donors (Lipinski definition) is 2. The molecule has 3 N–H and O–H groups in total. The van der Waals surface area contributed by atoms with Crippen LogP contribution >= 0.6 is 0 Å². The van der Waals surface area contributed by atoms with Gasteiger partial charge in [-0.05, 0) is 18.9 Å². The number of nitrogens with two attached hydrogens (primary N) is 1. The molecule has 7 heteroatoms. The molecule has 1 atom stereocenters. The molecule has 1 aromatic carbocycles. The van der Waals surface area contributed by atoms with Gasteiger partial charge in [-0.1, -0.05) is 12.1 Å². The minimum absolute atomic E-state index is 0.0849. The van der Waals surface area contributed by atoms with Crippen molar-refractivity contribution >= 4 is 11.6 Å². The summed E-state index contributed by atoms with van der Waals surface area (Å²) in [5.74, 6) is -0.227. The lowest BCUT2D eigenvalue weighted by Crippen LogP contribution is -2.43. The summed E-state index contributed by atoms with van der Waals surface area (Å²) in [6.07, 6.45) is 2.49. The zero-order chi connectivity index (χ0) is 14.5. The first kappa shape index (κ1) is 14.3. The highest BCUT2D eigenvalue weighted by Gasteiger charge is 2.27. The van der Waals surface area contributed by atoms with Crippen molar-refractivity contribution in [2.75, 3.05) is 6.61 Å². The van der Waals surface area contributed by atoms with Crippen LogP contribution in [0.15, 0.2) is 24.3 Å². The Balaban J connectivity index is 1.88. The number of nitro groups is 1. The Hall–Kier alpha value is -2.15. The van der Waals surface area contributed by atoms with Crippen LogP contribution in [0.4, 0.5) is 5.69 Å². The summed E-state index contributed by atoms with van der Waals surface area (Å²) in [6, 6.07) is 6.06. The number of amides is 1. The molecule has 7 nitrogen and oxygen atoms in total. The van der Waals surface area contributed by atoms with Crippen LogP contribution in [0.1, 0.15) is 19.3 Å². The molecular weight excluding hydrogens is 262 g/mol. The number of nitrogens with zero attached hydrogens (tertiary/aromatic N) is 1. The number of benzene rings is 1. The van der Waals surface area contributed by atoms with Gasteiger partial charge in [0.05, 0.1) is 17.6 Å². The largest absolute Gasteiger partial charge is 0.487 e. The minimum Gasteiger partial charge on any atom is -0.487 e. The number of carbonyl (C=O) groups is 1. The number of primary amides is 1. The third-order valence-electron chi connectivity index (χ3n) is 3.08. The second kappa shape index (κ2) is 6.33. The first-order valence-corrected chi connectivity index (χ1v) is 6.49. The molecule has 0 heterocycles. The van der Waals surface area contributed by atoms with Crippen molar-refractivity contribution in [3.05, 3.63) is 34.4 Å². The normalized spacial score (nSPS) is 15.6. The van der Waals surface area contributed by atoms with Gasteiger partial charge in [0.1, 0.15) is 0 Å². The molecule has 0 aliphatic heterocycles. The van der Waals surface area contributed by atoms with Crippen molar-refractivity contribution in [3.8, 4) is 5.75 Å². The average molecular weight is 279 g/mol. The number of para-hydroxylation sites is 2. The van der Waals surface area contributed by atoms with Gasteiger partial charge in [-0.3, -0.25) is 14.9 Å². The molecule has 1 fully saturated rings. The molecule has 1 aliphatic rings. The van der Waals surface area contributed by atoms with Crippen molar-refractivity contribution < 1.29 is 14.5 Å². The molecular formula is C13H17N3O4. The van der Waals surface area contributed by atoms with Crippen LogP contribution in [0.3, 0.4) is 0 Å². The topological polar surface area (TPSA) is 107 Å². The van der Waals surface area contributed by atoms with Crippen molar-refractivity contribution in [1.82, 2.24) is 5.32 Å². The molecule has 1 aliphatic carbocycles. The summed E-state index contributed by atoms with van der Waals surface area (Å²) < 4.78 is 5.39. The number of nitrogens with one attached hydrogen (secondary N) is 1. The van der Waals surface area contributed by atoms with Crippen molar-refractivity contribution in [1.29, 1.82) is 0 Å². The standard InChI is InChI=1S/C13H17N3O4/c14-13(17)10(15-9-5-6-9)7-8-20-12-4-2-1-3-11(12)16(18)19/h1-4,9-10,15H,5-8H2,(H2,14,17). The Labute approximate surface area is 116 Å². The lowest BCUT2D eigenvalue weighted by molar-refractivity contribution is -0.385. The van der Waals surface area contributed by atoms with Gasteiger partial charge in [-0.25, -0.2) is 0 Å². The third kappa shape index (κ3) is 3.92. The van der Waals surface area contributed by atoms with E-state index in [2.05, 4.69) is 5.32 Å². The van der Waals surface area contributed by atoms with Crippen molar-refractivity contribution in [2.45, 2.75) is 31.3 Å². The number of ether oxygens (including phenoxy) is 1. The monoisotopic (exact) mass is 279 g/mol. The van der Waals surface area contributed by atoms with E-state index in [4.69, 9.17) is 10.5 Å². The smallest absolute Gasteiger partial charge is 0.310 e. The van der Waals surface area contributed by atoms with Gasteiger partial charge in [-0.15, -0.1) is 0 Å². The van der Waals surface area contributed by atoms with Gasteiger partial charge in [0.25, 0.3) is 0 Å². The predicted molar refractivity (Wildman–Crippen MR) is 72.3 cm³/mol. The van der Waals surface area contributed by atoms with Crippen LogP contribution in [0.25, 0.3) is 0 Å². The van der Waals surface area contributed by atoms with Crippen molar-refractivity contribution in [2.24, 2.45) is 5.73 Å². The molecule has 1 saturated carbocycles. The van der Waals surface area contributed by atoms with Gasteiger partial charge in [0.15, 0.2) is 5.75 Å². The van der Waals surface area contributed by atoms with Crippen LogP contribution in [0.2, 0.25) is 0 Å². The molecule has 0 radical (unpaired) electrons. The summed E-state index contributed by atoms with van der Waals surface area (Å²) >= 11 is 0. The van der Waals surface area contributed by atoms with E-state index in [1.807, 2.05) is 0 Å². The molecule has 0 aromatic heterocycles. The van der Waals surface area contributed by atoms with E-state index in [1.54, 1.807) is 12.1 Å². The van der Waals surface area contributed by atoms with Gasteiger partial charge in [0.2, 0.25) is 5.91 Å². The van der Waals surface area contributed by atoms with E-state index in [9.17, 15) is 14.9 Å². The van der Waals surface area contributed by atoms with Gasteiger partial charge in [0, 0.05) is 18.5 Å². The molecule has 108 valence electrons. The maximum atomic E-state index is 11.3. The number of carbonyl (C=O) groups excluding carboxylic acids is 1. The highest BCUT2D eigenvalue weighted by atomic mass is 16.6. The van der Waals surface area contributed by atoms with E-state index in [1.165, 1.54) is 12.1 Å². The fraction of sp³-hybridized carbons (Fsp3) is 0.462.